The van der Waals surface area contributed by atoms with Crippen molar-refractivity contribution in [3.8, 4) is 0 Å². The van der Waals surface area contributed by atoms with E-state index in [-0.39, 0.29) is 5.60 Å². The van der Waals surface area contributed by atoms with Crippen LogP contribution in [-0.2, 0) is 4.74 Å². The summed E-state index contributed by atoms with van der Waals surface area (Å²) in [6, 6.07) is 0. The van der Waals surface area contributed by atoms with Crippen LogP contribution in [0.4, 0.5) is 0 Å². The second-order valence-corrected chi connectivity index (χ2v) is 5.83. The van der Waals surface area contributed by atoms with E-state index in [1.54, 1.807) is 0 Å². The molecule has 0 aromatic carbocycles. The Labute approximate surface area is 99.6 Å². The van der Waals surface area contributed by atoms with Gasteiger partial charge in [0.15, 0.2) is 0 Å². The van der Waals surface area contributed by atoms with Gasteiger partial charge in [0, 0.05) is 19.4 Å². The molecule has 1 aliphatic heterocycles. The van der Waals surface area contributed by atoms with E-state index in [4.69, 9.17) is 4.74 Å². The number of rotatable bonds is 5. The molecule has 1 aliphatic rings. The average Bonchev–Trinajstić information content (AvgIpc) is 2.16. The molecule has 1 rings (SSSR count). The topological polar surface area (TPSA) is 41.5 Å². The van der Waals surface area contributed by atoms with Crippen LogP contribution in [0.25, 0.3) is 0 Å². The van der Waals surface area contributed by atoms with E-state index in [1.807, 2.05) is 0 Å². The first-order valence-electron chi connectivity index (χ1n) is 6.46. The van der Waals surface area contributed by atoms with Crippen molar-refractivity contribution in [1.29, 1.82) is 0 Å². The quantitative estimate of drug-likeness (QED) is 0.757. The van der Waals surface area contributed by atoms with Gasteiger partial charge in [-0.05, 0) is 25.8 Å². The van der Waals surface area contributed by atoms with E-state index in [0.717, 1.165) is 25.8 Å². The van der Waals surface area contributed by atoms with Crippen LogP contribution in [-0.4, -0.2) is 36.0 Å². The first-order chi connectivity index (χ1) is 7.39. The molecule has 2 unspecified atom stereocenters. The van der Waals surface area contributed by atoms with E-state index >= 15 is 0 Å². The summed E-state index contributed by atoms with van der Waals surface area (Å²) in [7, 11) is 0. The number of nitrogens with one attached hydrogen (secondary N) is 1. The molecule has 16 heavy (non-hydrogen) atoms. The summed E-state index contributed by atoms with van der Waals surface area (Å²) in [6.07, 6.45) is 2.44. The standard InChI is InChI=1S/C13H27NO2/c1-5-12(4)9-13(15,6-7-16-12)10-14-8-11(2)3/h11,14-15H,5-10H2,1-4H3. The van der Waals surface area contributed by atoms with Crippen LogP contribution < -0.4 is 5.32 Å². The third-order valence-electron chi connectivity index (χ3n) is 3.48. The van der Waals surface area contributed by atoms with Crippen molar-refractivity contribution in [2.45, 2.75) is 58.2 Å². The Morgan fingerprint density at radius 2 is 2.12 bits per heavy atom. The highest BCUT2D eigenvalue weighted by molar-refractivity contribution is 4.93. The zero-order chi connectivity index (χ0) is 12.2. The lowest BCUT2D eigenvalue weighted by atomic mass is 9.82. The predicted molar refractivity (Wildman–Crippen MR) is 66.5 cm³/mol. The van der Waals surface area contributed by atoms with Crippen molar-refractivity contribution >= 4 is 0 Å². The zero-order valence-corrected chi connectivity index (χ0v) is 11.2. The molecule has 0 saturated carbocycles. The Bertz CT molecular complexity index is 220. The smallest absolute Gasteiger partial charge is 0.0820 e. The minimum absolute atomic E-state index is 0.146. The zero-order valence-electron chi connectivity index (χ0n) is 11.2. The summed E-state index contributed by atoms with van der Waals surface area (Å²) >= 11 is 0. The lowest BCUT2D eigenvalue weighted by molar-refractivity contribution is -0.151. The summed E-state index contributed by atoms with van der Waals surface area (Å²) in [4.78, 5) is 0. The van der Waals surface area contributed by atoms with E-state index in [1.165, 1.54) is 0 Å². The first-order valence-corrected chi connectivity index (χ1v) is 6.46. The lowest BCUT2D eigenvalue weighted by Crippen LogP contribution is -2.52. The Kier molecular flexibility index (Phi) is 4.77. The van der Waals surface area contributed by atoms with Crippen molar-refractivity contribution < 1.29 is 9.84 Å². The van der Waals surface area contributed by atoms with Crippen LogP contribution >= 0.6 is 0 Å². The van der Waals surface area contributed by atoms with Gasteiger partial charge in [-0.1, -0.05) is 20.8 Å². The van der Waals surface area contributed by atoms with Gasteiger partial charge < -0.3 is 15.2 Å². The van der Waals surface area contributed by atoms with Gasteiger partial charge in [0.2, 0.25) is 0 Å². The van der Waals surface area contributed by atoms with Gasteiger partial charge in [-0.3, -0.25) is 0 Å². The fourth-order valence-corrected chi connectivity index (χ4v) is 2.29. The summed E-state index contributed by atoms with van der Waals surface area (Å²) in [5.41, 5.74) is -0.732. The van der Waals surface area contributed by atoms with E-state index in [9.17, 15) is 5.11 Å². The molecule has 0 amide bonds. The molecule has 0 aromatic rings. The molecule has 0 bridgehead atoms. The van der Waals surface area contributed by atoms with Crippen molar-refractivity contribution in [2.75, 3.05) is 19.7 Å². The van der Waals surface area contributed by atoms with E-state index in [0.29, 0.717) is 19.1 Å². The molecule has 1 fully saturated rings. The highest BCUT2D eigenvalue weighted by Gasteiger charge is 2.40. The van der Waals surface area contributed by atoms with Gasteiger partial charge in [-0.15, -0.1) is 0 Å². The molecule has 1 heterocycles. The summed E-state index contributed by atoms with van der Waals surface area (Å²) in [5, 5.41) is 13.9. The van der Waals surface area contributed by atoms with Gasteiger partial charge in [-0.25, -0.2) is 0 Å². The molecule has 0 aromatic heterocycles. The number of ether oxygens (including phenoxy) is 1. The highest BCUT2D eigenvalue weighted by atomic mass is 16.5. The first kappa shape index (κ1) is 13.9. The highest BCUT2D eigenvalue weighted by Crippen LogP contribution is 2.34. The Hall–Kier alpha value is -0.120. The largest absolute Gasteiger partial charge is 0.388 e. The minimum atomic E-state index is -0.585. The molecule has 3 nitrogen and oxygen atoms in total. The molecular weight excluding hydrogens is 202 g/mol. The van der Waals surface area contributed by atoms with Gasteiger partial charge in [-0.2, -0.15) is 0 Å². The van der Waals surface area contributed by atoms with Gasteiger partial charge in [0.25, 0.3) is 0 Å². The van der Waals surface area contributed by atoms with Crippen LogP contribution in [0.2, 0.25) is 0 Å². The maximum absolute atomic E-state index is 10.5. The van der Waals surface area contributed by atoms with Crippen molar-refractivity contribution in [3.63, 3.8) is 0 Å². The lowest BCUT2D eigenvalue weighted by Gasteiger charge is -2.43. The molecule has 3 heteroatoms. The normalized spacial score (nSPS) is 35.6. The molecule has 0 aliphatic carbocycles. The molecular formula is C13H27NO2. The van der Waals surface area contributed by atoms with Crippen LogP contribution in [0.3, 0.4) is 0 Å². The van der Waals surface area contributed by atoms with Crippen LogP contribution in [0.1, 0.15) is 47.0 Å². The second-order valence-electron chi connectivity index (χ2n) is 5.83. The van der Waals surface area contributed by atoms with Crippen molar-refractivity contribution in [1.82, 2.24) is 5.32 Å². The van der Waals surface area contributed by atoms with Gasteiger partial charge >= 0.3 is 0 Å². The predicted octanol–water partition coefficient (Wildman–Crippen LogP) is 1.94. The van der Waals surface area contributed by atoms with Crippen LogP contribution in [0.15, 0.2) is 0 Å². The summed E-state index contributed by atoms with van der Waals surface area (Å²) < 4.78 is 5.75. The SMILES string of the molecule is CCC1(C)CC(O)(CNCC(C)C)CCO1. The minimum Gasteiger partial charge on any atom is -0.388 e. The van der Waals surface area contributed by atoms with Crippen LogP contribution in [0.5, 0.6) is 0 Å². The molecule has 2 N–H and O–H groups in total. The maximum atomic E-state index is 10.5. The number of hydrogen-bond donors (Lipinski definition) is 2. The maximum Gasteiger partial charge on any atom is 0.0820 e. The molecule has 1 saturated heterocycles. The molecule has 2 atom stereocenters. The Morgan fingerprint density at radius 1 is 1.44 bits per heavy atom. The van der Waals surface area contributed by atoms with Crippen LogP contribution in [0, 0.1) is 5.92 Å². The Balaban J connectivity index is 2.43. The monoisotopic (exact) mass is 229 g/mol. The third kappa shape index (κ3) is 4.04. The molecule has 0 spiro atoms. The average molecular weight is 229 g/mol. The third-order valence-corrected chi connectivity index (χ3v) is 3.48. The Morgan fingerprint density at radius 3 is 2.69 bits per heavy atom. The molecule has 96 valence electrons. The summed E-state index contributed by atoms with van der Waals surface area (Å²) in [6.45, 7) is 10.9. The fourth-order valence-electron chi connectivity index (χ4n) is 2.29. The number of hydrogen-bond acceptors (Lipinski definition) is 3. The second kappa shape index (κ2) is 5.48. The summed E-state index contributed by atoms with van der Waals surface area (Å²) in [5.74, 6) is 0.626. The van der Waals surface area contributed by atoms with Gasteiger partial charge in [0.1, 0.15) is 0 Å². The van der Waals surface area contributed by atoms with Crippen molar-refractivity contribution in [2.24, 2.45) is 5.92 Å². The van der Waals surface area contributed by atoms with Gasteiger partial charge in [0.05, 0.1) is 17.8 Å². The van der Waals surface area contributed by atoms with E-state index < -0.39 is 5.60 Å². The van der Waals surface area contributed by atoms with E-state index in [2.05, 4.69) is 33.0 Å². The number of aliphatic hydroxyl groups is 1. The fraction of sp³-hybridized carbons (Fsp3) is 1.00. The van der Waals surface area contributed by atoms with Crippen molar-refractivity contribution in [3.05, 3.63) is 0 Å². The molecule has 0 radical (unpaired) electrons.